The first-order chi connectivity index (χ1) is 8.20. The van der Waals surface area contributed by atoms with Gasteiger partial charge in [-0.25, -0.2) is 4.39 Å². The second kappa shape index (κ2) is 5.29. The third-order valence-electron chi connectivity index (χ3n) is 3.47. The van der Waals surface area contributed by atoms with E-state index in [0.717, 1.165) is 19.0 Å². The second-order valence-electron chi connectivity index (χ2n) is 4.85. The van der Waals surface area contributed by atoms with Crippen LogP contribution in [-0.2, 0) is 6.54 Å². The summed E-state index contributed by atoms with van der Waals surface area (Å²) in [6.07, 6.45) is 2.36. The summed E-state index contributed by atoms with van der Waals surface area (Å²) in [5, 5.41) is 8.78. The van der Waals surface area contributed by atoms with Crippen molar-refractivity contribution in [1.29, 1.82) is 5.26 Å². The van der Waals surface area contributed by atoms with Crippen molar-refractivity contribution in [2.45, 2.75) is 26.3 Å². The van der Waals surface area contributed by atoms with Gasteiger partial charge in [0.05, 0.1) is 5.56 Å². The number of nitriles is 1. The van der Waals surface area contributed by atoms with Crippen molar-refractivity contribution >= 4 is 0 Å². The summed E-state index contributed by atoms with van der Waals surface area (Å²) in [6, 6.07) is 6.94. The minimum atomic E-state index is -0.353. The first kappa shape index (κ1) is 12.1. The van der Waals surface area contributed by atoms with E-state index in [1.807, 2.05) is 6.07 Å². The van der Waals surface area contributed by atoms with E-state index in [9.17, 15) is 4.39 Å². The van der Waals surface area contributed by atoms with Crippen LogP contribution < -0.4 is 0 Å². The van der Waals surface area contributed by atoms with Gasteiger partial charge in [0.1, 0.15) is 11.9 Å². The molecule has 0 spiro atoms. The van der Waals surface area contributed by atoms with Crippen molar-refractivity contribution in [1.82, 2.24) is 4.90 Å². The maximum atomic E-state index is 13.9. The molecule has 0 N–H and O–H groups in total. The molecule has 2 nitrogen and oxygen atoms in total. The smallest absolute Gasteiger partial charge is 0.145 e. The lowest BCUT2D eigenvalue weighted by Crippen LogP contribution is -2.32. The summed E-state index contributed by atoms with van der Waals surface area (Å²) >= 11 is 0. The summed E-state index contributed by atoms with van der Waals surface area (Å²) in [4.78, 5) is 2.26. The van der Waals surface area contributed by atoms with E-state index >= 15 is 0 Å². The van der Waals surface area contributed by atoms with E-state index in [2.05, 4.69) is 11.8 Å². The molecule has 0 amide bonds. The minimum absolute atomic E-state index is 0.146. The molecule has 1 saturated heterocycles. The molecule has 0 saturated carbocycles. The molecule has 2 rings (SSSR count). The first-order valence-corrected chi connectivity index (χ1v) is 6.10. The van der Waals surface area contributed by atoms with Crippen LogP contribution in [0.15, 0.2) is 18.2 Å². The molecule has 1 aromatic carbocycles. The monoisotopic (exact) mass is 232 g/mol. The van der Waals surface area contributed by atoms with E-state index < -0.39 is 0 Å². The van der Waals surface area contributed by atoms with Crippen molar-refractivity contribution in [3.63, 3.8) is 0 Å². The van der Waals surface area contributed by atoms with Gasteiger partial charge in [-0.15, -0.1) is 0 Å². The Bertz CT molecular complexity index is 428. The SMILES string of the molecule is CC1CCN(Cc2cccc(C#N)c2F)CC1. The highest BCUT2D eigenvalue weighted by atomic mass is 19.1. The number of halogens is 1. The van der Waals surface area contributed by atoms with Crippen LogP contribution in [0, 0.1) is 23.1 Å². The molecule has 90 valence electrons. The van der Waals surface area contributed by atoms with Crippen molar-refractivity contribution in [2.24, 2.45) is 5.92 Å². The van der Waals surface area contributed by atoms with E-state index in [4.69, 9.17) is 5.26 Å². The first-order valence-electron chi connectivity index (χ1n) is 6.10. The summed E-state index contributed by atoms with van der Waals surface area (Å²) in [5.74, 6) is 0.426. The van der Waals surface area contributed by atoms with E-state index in [1.54, 1.807) is 12.1 Å². The Morgan fingerprint density at radius 2 is 2.12 bits per heavy atom. The number of rotatable bonds is 2. The van der Waals surface area contributed by atoms with E-state index in [1.165, 1.54) is 18.9 Å². The Kier molecular flexibility index (Phi) is 3.75. The number of hydrogen-bond donors (Lipinski definition) is 0. The third kappa shape index (κ3) is 2.83. The normalized spacial score (nSPS) is 17.9. The zero-order valence-corrected chi connectivity index (χ0v) is 10.1. The maximum Gasteiger partial charge on any atom is 0.145 e. The predicted molar refractivity (Wildman–Crippen MR) is 64.8 cm³/mol. The Morgan fingerprint density at radius 3 is 2.76 bits per heavy atom. The van der Waals surface area contributed by atoms with Crippen LogP contribution in [0.4, 0.5) is 4.39 Å². The highest BCUT2D eigenvalue weighted by Crippen LogP contribution is 2.20. The van der Waals surface area contributed by atoms with Crippen molar-refractivity contribution in [3.05, 3.63) is 35.1 Å². The van der Waals surface area contributed by atoms with Crippen molar-refractivity contribution in [3.8, 4) is 6.07 Å². The van der Waals surface area contributed by atoms with Gasteiger partial charge in [0, 0.05) is 12.1 Å². The van der Waals surface area contributed by atoms with Crippen molar-refractivity contribution < 1.29 is 4.39 Å². The molecule has 0 bridgehead atoms. The van der Waals surface area contributed by atoms with E-state index in [0.29, 0.717) is 12.1 Å². The highest BCUT2D eigenvalue weighted by molar-refractivity contribution is 5.34. The van der Waals surface area contributed by atoms with Gasteiger partial charge in [-0.3, -0.25) is 4.90 Å². The molecule has 1 heterocycles. The average molecular weight is 232 g/mol. The molecule has 17 heavy (non-hydrogen) atoms. The molecule has 1 fully saturated rings. The van der Waals surface area contributed by atoms with Gasteiger partial charge in [0.15, 0.2) is 0 Å². The Balaban J connectivity index is 2.06. The van der Waals surface area contributed by atoms with Crippen LogP contribution in [0.5, 0.6) is 0 Å². The zero-order valence-electron chi connectivity index (χ0n) is 10.1. The van der Waals surface area contributed by atoms with Crippen molar-refractivity contribution in [2.75, 3.05) is 13.1 Å². The molecule has 0 unspecified atom stereocenters. The lowest BCUT2D eigenvalue weighted by molar-refractivity contribution is 0.183. The van der Waals surface area contributed by atoms with Crippen LogP contribution in [-0.4, -0.2) is 18.0 Å². The Hall–Kier alpha value is -1.40. The van der Waals surface area contributed by atoms with Gasteiger partial charge in [-0.05, 0) is 37.9 Å². The lowest BCUT2D eigenvalue weighted by atomic mass is 9.98. The minimum Gasteiger partial charge on any atom is -0.299 e. The molecule has 0 radical (unpaired) electrons. The summed E-state index contributed by atoms with van der Waals surface area (Å²) in [5.41, 5.74) is 0.784. The summed E-state index contributed by atoms with van der Waals surface area (Å²) < 4.78 is 13.9. The van der Waals surface area contributed by atoms with Gasteiger partial charge >= 0.3 is 0 Å². The fraction of sp³-hybridized carbons (Fsp3) is 0.500. The molecule has 1 aliphatic heterocycles. The average Bonchev–Trinajstić information content (AvgIpc) is 2.35. The van der Waals surface area contributed by atoms with Gasteiger partial charge in [0.2, 0.25) is 0 Å². The van der Waals surface area contributed by atoms with Gasteiger partial charge in [-0.1, -0.05) is 19.1 Å². The zero-order chi connectivity index (χ0) is 12.3. The Labute approximate surface area is 102 Å². The standard InChI is InChI=1S/C14H17FN2/c1-11-5-7-17(8-6-11)10-13-4-2-3-12(9-16)14(13)15/h2-4,11H,5-8,10H2,1H3. The van der Waals surface area contributed by atoms with Crippen LogP contribution in [0.3, 0.4) is 0 Å². The lowest BCUT2D eigenvalue weighted by Gasteiger charge is -2.30. The van der Waals surface area contributed by atoms with Gasteiger partial charge < -0.3 is 0 Å². The molecule has 0 aliphatic carbocycles. The quantitative estimate of drug-likeness (QED) is 0.784. The van der Waals surface area contributed by atoms with Gasteiger partial charge in [-0.2, -0.15) is 5.26 Å². The molecule has 0 atom stereocenters. The van der Waals surface area contributed by atoms with Crippen LogP contribution in [0.25, 0.3) is 0 Å². The van der Waals surface area contributed by atoms with Crippen LogP contribution in [0.2, 0.25) is 0 Å². The fourth-order valence-corrected chi connectivity index (χ4v) is 2.25. The maximum absolute atomic E-state index is 13.9. The third-order valence-corrected chi connectivity index (χ3v) is 3.47. The topological polar surface area (TPSA) is 27.0 Å². The highest BCUT2D eigenvalue weighted by Gasteiger charge is 2.17. The molecule has 0 aromatic heterocycles. The fourth-order valence-electron chi connectivity index (χ4n) is 2.25. The van der Waals surface area contributed by atoms with Crippen LogP contribution >= 0.6 is 0 Å². The largest absolute Gasteiger partial charge is 0.299 e. The molecular weight excluding hydrogens is 215 g/mol. The summed E-state index contributed by atoms with van der Waals surface area (Å²) in [6.45, 7) is 4.93. The number of nitrogens with zero attached hydrogens (tertiary/aromatic N) is 2. The van der Waals surface area contributed by atoms with Gasteiger partial charge in [0.25, 0.3) is 0 Å². The molecular formula is C14H17FN2. The Morgan fingerprint density at radius 1 is 1.41 bits per heavy atom. The molecule has 1 aromatic rings. The van der Waals surface area contributed by atoms with E-state index in [-0.39, 0.29) is 11.4 Å². The number of benzene rings is 1. The number of hydrogen-bond acceptors (Lipinski definition) is 2. The number of piperidine rings is 1. The number of likely N-dealkylation sites (tertiary alicyclic amines) is 1. The molecule has 1 aliphatic rings. The predicted octanol–water partition coefficient (Wildman–Crippen LogP) is 2.93. The second-order valence-corrected chi connectivity index (χ2v) is 4.85. The summed E-state index contributed by atoms with van der Waals surface area (Å²) in [7, 11) is 0. The van der Waals surface area contributed by atoms with Crippen LogP contribution in [0.1, 0.15) is 30.9 Å². The molecule has 3 heteroatoms.